The van der Waals surface area contributed by atoms with Crippen LogP contribution in [-0.2, 0) is 26.0 Å². The molecule has 0 unspecified atom stereocenters. The third-order valence-electron chi connectivity index (χ3n) is 5.58. The molecule has 2 aromatic rings. The Morgan fingerprint density at radius 2 is 1.76 bits per heavy atom. The fourth-order valence-corrected chi connectivity index (χ4v) is 5.31. The number of rotatable bonds is 9. The average Bonchev–Trinajstić information content (AvgIpc) is 3.34. The van der Waals surface area contributed by atoms with Gasteiger partial charge >= 0.3 is 5.97 Å². The Hall–Kier alpha value is -2.42. The summed E-state index contributed by atoms with van der Waals surface area (Å²) < 4.78 is 31.9. The minimum atomic E-state index is -3.70. The number of benzene rings is 2. The summed E-state index contributed by atoms with van der Waals surface area (Å²) in [4.78, 5) is 24.5. The van der Waals surface area contributed by atoms with Gasteiger partial charge in [-0.3, -0.25) is 4.79 Å². The van der Waals surface area contributed by atoms with Crippen molar-refractivity contribution < 1.29 is 22.7 Å². The Morgan fingerprint density at radius 1 is 1.09 bits per heavy atom. The van der Waals surface area contributed by atoms with Crippen molar-refractivity contribution in [1.29, 1.82) is 0 Å². The molecule has 1 aliphatic heterocycles. The lowest BCUT2D eigenvalue weighted by Gasteiger charge is -2.16. The van der Waals surface area contributed by atoms with Gasteiger partial charge in [0.2, 0.25) is 10.0 Å². The molecule has 178 valence electrons. The molecule has 0 aromatic heterocycles. The van der Waals surface area contributed by atoms with Gasteiger partial charge < -0.3 is 10.1 Å². The predicted molar refractivity (Wildman–Crippen MR) is 127 cm³/mol. The second-order valence-electron chi connectivity index (χ2n) is 8.33. The smallest absolute Gasteiger partial charge is 0.340 e. The van der Waals surface area contributed by atoms with E-state index in [1.807, 2.05) is 12.1 Å². The fourth-order valence-electron chi connectivity index (χ4n) is 3.57. The van der Waals surface area contributed by atoms with Crippen molar-refractivity contribution in [2.75, 3.05) is 26.2 Å². The van der Waals surface area contributed by atoms with Crippen LogP contribution < -0.4 is 5.32 Å². The molecule has 1 heterocycles. The van der Waals surface area contributed by atoms with Gasteiger partial charge in [0.25, 0.3) is 5.91 Å². The Bertz CT molecular complexity index is 1090. The van der Waals surface area contributed by atoms with Crippen molar-refractivity contribution in [2.45, 2.75) is 43.9 Å². The maximum absolute atomic E-state index is 12.7. The average molecular weight is 493 g/mol. The van der Waals surface area contributed by atoms with Crippen LogP contribution in [0.3, 0.4) is 0 Å². The molecular formula is C24H29ClN2O5S. The largest absolute Gasteiger partial charge is 0.452 e. The highest BCUT2D eigenvalue weighted by Crippen LogP contribution is 2.25. The molecule has 1 aliphatic rings. The quantitative estimate of drug-likeness (QED) is 0.538. The molecule has 0 aliphatic carbocycles. The van der Waals surface area contributed by atoms with E-state index in [4.69, 9.17) is 16.3 Å². The number of carbonyl (C=O) groups excluding carboxylic acids is 2. The number of ether oxygens (including phenoxy) is 1. The zero-order valence-corrected chi connectivity index (χ0v) is 20.4. The normalized spacial score (nSPS) is 14.4. The summed E-state index contributed by atoms with van der Waals surface area (Å²) in [6.07, 6.45) is 2.26. The van der Waals surface area contributed by atoms with Crippen LogP contribution in [0.1, 0.15) is 54.1 Å². The highest BCUT2D eigenvalue weighted by Gasteiger charge is 2.28. The molecule has 0 atom stereocenters. The van der Waals surface area contributed by atoms with Crippen molar-refractivity contribution in [2.24, 2.45) is 0 Å². The Morgan fingerprint density at radius 3 is 2.39 bits per heavy atom. The predicted octanol–water partition coefficient (Wildman–Crippen LogP) is 3.76. The first kappa shape index (κ1) is 25.2. The second kappa shape index (κ2) is 11.1. The maximum Gasteiger partial charge on any atom is 0.340 e. The SMILES string of the molecule is CC(C)c1ccc(CCNC(=O)COC(=O)c2cc(S(=O)(=O)N3CCCC3)ccc2Cl)cc1. The zero-order chi connectivity index (χ0) is 24.0. The van der Waals surface area contributed by atoms with E-state index in [2.05, 4.69) is 31.3 Å². The first-order valence-corrected chi connectivity index (χ1v) is 12.8. The molecule has 0 radical (unpaired) electrons. The van der Waals surface area contributed by atoms with Gasteiger partial charge in [-0.2, -0.15) is 4.31 Å². The molecule has 1 saturated heterocycles. The molecule has 33 heavy (non-hydrogen) atoms. The van der Waals surface area contributed by atoms with E-state index in [1.165, 1.54) is 28.1 Å². The number of carbonyl (C=O) groups is 2. The van der Waals surface area contributed by atoms with Crippen molar-refractivity contribution in [1.82, 2.24) is 9.62 Å². The van der Waals surface area contributed by atoms with Gasteiger partial charge in [0.1, 0.15) is 0 Å². The maximum atomic E-state index is 12.7. The molecule has 3 rings (SSSR count). The van der Waals surface area contributed by atoms with E-state index >= 15 is 0 Å². The van der Waals surface area contributed by atoms with E-state index in [-0.39, 0.29) is 15.5 Å². The monoisotopic (exact) mass is 492 g/mol. The van der Waals surface area contributed by atoms with Crippen molar-refractivity contribution >= 4 is 33.5 Å². The van der Waals surface area contributed by atoms with E-state index in [0.29, 0.717) is 32.0 Å². The first-order valence-electron chi connectivity index (χ1n) is 11.0. The molecule has 0 spiro atoms. The molecule has 9 heteroatoms. The number of nitrogens with zero attached hydrogens (tertiary/aromatic N) is 1. The Balaban J connectivity index is 1.52. The standard InChI is InChI=1S/C24H29ClN2O5S/c1-17(2)19-7-5-18(6-8-19)11-12-26-23(28)16-32-24(29)21-15-20(9-10-22(21)25)33(30,31)27-13-3-4-14-27/h5-10,15,17H,3-4,11-14,16H2,1-2H3,(H,26,28). The number of halogens is 1. The van der Waals surface area contributed by atoms with E-state index in [1.54, 1.807) is 0 Å². The molecule has 2 aromatic carbocycles. The summed E-state index contributed by atoms with van der Waals surface area (Å²) in [6.45, 7) is 5.09. The van der Waals surface area contributed by atoms with E-state index < -0.39 is 28.5 Å². The molecule has 0 bridgehead atoms. The zero-order valence-electron chi connectivity index (χ0n) is 18.8. The summed E-state index contributed by atoms with van der Waals surface area (Å²) in [7, 11) is -3.70. The van der Waals surface area contributed by atoms with Crippen LogP contribution in [0.25, 0.3) is 0 Å². The van der Waals surface area contributed by atoms with Crippen LogP contribution in [0.2, 0.25) is 5.02 Å². The number of sulfonamides is 1. The Labute approximate surface area is 200 Å². The van der Waals surface area contributed by atoms with Gasteiger partial charge in [-0.15, -0.1) is 0 Å². The molecule has 1 N–H and O–H groups in total. The molecule has 0 saturated carbocycles. The molecule has 1 fully saturated rings. The van der Waals surface area contributed by atoms with Crippen LogP contribution in [0.15, 0.2) is 47.4 Å². The first-order chi connectivity index (χ1) is 15.7. The number of esters is 1. The van der Waals surface area contributed by atoms with E-state index in [0.717, 1.165) is 18.4 Å². The minimum absolute atomic E-state index is 0.0197. The van der Waals surface area contributed by atoms with Crippen molar-refractivity contribution in [3.63, 3.8) is 0 Å². The van der Waals surface area contributed by atoms with Crippen LogP contribution in [-0.4, -0.2) is 50.8 Å². The lowest BCUT2D eigenvalue weighted by molar-refractivity contribution is -0.124. The Kier molecular flexibility index (Phi) is 8.51. The lowest BCUT2D eigenvalue weighted by Crippen LogP contribution is -2.30. The third-order valence-corrected chi connectivity index (χ3v) is 7.80. The van der Waals surface area contributed by atoms with Crippen LogP contribution in [0.4, 0.5) is 0 Å². The van der Waals surface area contributed by atoms with Gasteiger partial charge in [-0.05, 0) is 54.5 Å². The summed E-state index contributed by atoms with van der Waals surface area (Å²) in [5, 5.41) is 2.77. The van der Waals surface area contributed by atoms with E-state index in [9.17, 15) is 18.0 Å². The molecule has 1 amide bonds. The van der Waals surface area contributed by atoms with Crippen LogP contribution >= 0.6 is 11.6 Å². The highest BCUT2D eigenvalue weighted by molar-refractivity contribution is 7.89. The number of amides is 1. The summed E-state index contributed by atoms with van der Waals surface area (Å²) in [5.41, 5.74) is 2.26. The van der Waals surface area contributed by atoms with Crippen LogP contribution in [0, 0.1) is 0 Å². The number of nitrogens with one attached hydrogen (secondary N) is 1. The summed E-state index contributed by atoms with van der Waals surface area (Å²) >= 11 is 6.09. The third kappa shape index (κ3) is 6.56. The highest BCUT2D eigenvalue weighted by atomic mass is 35.5. The number of hydrogen-bond acceptors (Lipinski definition) is 5. The van der Waals surface area contributed by atoms with Gasteiger partial charge in [-0.1, -0.05) is 49.7 Å². The second-order valence-corrected chi connectivity index (χ2v) is 10.7. The van der Waals surface area contributed by atoms with Gasteiger partial charge in [0.15, 0.2) is 6.61 Å². The van der Waals surface area contributed by atoms with Crippen LogP contribution in [0.5, 0.6) is 0 Å². The van der Waals surface area contributed by atoms with Crippen molar-refractivity contribution in [3.8, 4) is 0 Å². The van der Waals surface area contributed by atoms with Gasteiger partial charge in [0.05, 0.1) is 15.5 Å². The topological polar surface area (TPSA) is 92.8 Å². The summed E-state index contributed by atoms with van der Waals surface area (Å²) in [6, 6.07) is 12.1. The fraction of sp³-hybridized carbons (Fsp3) is 0.417. The lowest BCUT2D eigenvalue weighted by atomic mass is 10.0. The van der Waals surface area contributed by atoms with Crippen molar-refractivity contribution in [3.05, 3.63) is 64.2 Å². The van der Waals surface area contributed by atoms with Gasteiger partial charge in [-0.25, -0.2) is 13.2 Å². The molecular weight excluding hydrogens is 464 g/mol. The molecule has 7 nitrogen and oxygen atoms in total. The summed E-state index contributed by atoms with van der Waals surface area (Å²) in [5.74, 6) is -0.833. The minimum Gasteiger partial charge on any atom is -0.452 e. The number of hydrogen-bond donors (Lipinski definition) is 1. The van der Waals surface area contributed by atoms with Gasteiger partial charge in [0, 0.05) is 19.6 Å².